The third kappa shape index (κ3) is 2.42. The van der Waals surface area contributed by atoms with Gasteiger partial charge in [-0.25, -0.2) is 0 Å². The average molecular weight is 250 g/mol. The van der Waals surface area contributed by atoms with Crippen molar-refractivity contribution in [2.24, 2.45) is 5.92 Å². The van der Waals surface area contributed by atoms with Crippen molar-refractivity contribution in [1.29, 1.82) is 0 Å². The summed E-state index contributed by atoms with van der Waals surface area (Å²) in [4.78, 5) is 21.6. The highest BCUT2D eigenvalue weighted by Gasteiger charge is 2.44. The van der Waals surface area contributed by atoms with Crippen LogP contribution in [0.15, 0.2) is 30.3 Å². The molecule has 2 fully saturated rings. The molecule has 1 saturated carbocycles. The molecule has 1 heterocycles. The normalized spacial score (nSPS) is 36.7. The first-order chi connectivity index (χ1) is 8.77. The molecule has 98 valence electrons. The van der Waals surface area contributed by atoms with E-state index in [4.69, 9.17) is 19.6 Å². The molecule has 1 aromatic carbocycles. The van der Waals surface area contributed by atoms with E-state index in [2.05, 4.69) is 6.92 Å². The Kier molecular flexibility index (Phi) is 3.35. The van der Waals surface area contributed by atoms with Crippen LogP contribution in [0, 0.1) is 5.92 Å². The fraction of sp³-hybridized carbons (Fsp3) is 0.571. The summed E-state index contributed by atoms with van der Waals surface area (Å²) in [5.74, 6) is 0.0207. The molecular formula is C14H18O4. The minimum atomic E-state index is -0.697. The van der Waals surface area contributed by atoms with Gasteiger partial charge in [-0.05, 0) is 18.8 Å². The highest BCUT2D eigenvalue weighted by Crippen LogP contribution is 2.41. The van der Waals surface area contributed by atoms with Gasteiger partial charge < -0.3 is 0 Å². The van der Waals surface area contributed by atoms with Crippen LogP contribution in [0.5, 0.6) is 0 Å². The van der Waals surface area contributed by atoms with Crippen LogP contribution in [-0.4, -0.2) is 5.79 Å². The fourth-order valence-electron chi connectivity index (χ4n) is 2.38. The maximum absolute atomic E-state index is 5.47. The molecule has 1 saturated heterocycles. The van der Waals surface area contributed by atoms with Crippen LogP contribution in [0.25, 0.3) is 0 Å². The molecule has 0 bridgehead atoms. The van der Waals surface area contributed by atoms with Gasteiger partial charge in [0, 0.05) is 18.4 Å². The first-order valence-electron chi connectivity index (χ1n) is 6.51. The molecule has 4 nitrogen and oxygen atoms in total. The number of rotatable bonds is 1. The van der Waals surface area contributed by atoms with Gasteiger partial charge in [0.05, 0.1) is 0 Å². The second kappa shape index (κ2) is 4.97. The Morgan fingerprint density at radius 3 is 2.22 bits per heavy atom. The molecule has 0 N–H and O–H groups in total. The summed E-state index contributed by atoms with van der Waals surface area (Å²) in [6, 6.07) is 9.62. The maximum atomic E-state index is 5.47. The second-order valence-corrected chi connectivity index (χ2v) is 5.19. The van der Waals surface area contributed by atoms with E-state index in [1.807, 2.05) is 30.3 Å². The smallest absolute Gasteiger partial charge is 0.195 e. The van der Waals surface area contributed by atoms with Crippen molar-refractivity contribution in [3.05, 3.63) is 35.9 Å². The lowest BCUT2D eigenvalue weighted by molar-refractivity contribution is -0.633. The van der Waals surface area contributed by atoms with Gasteiger partial charge in [-0.3, -0.25) is 0 Å². The van der Waals surface area contributed by atoms with Crippen molar-refractivity contribution in [2.45, 2.75) is 44.7 Å². The molecule has 2 aliphatic rings. The summed E-state index contributed by atoms with van der Waals surface area (Å²) in [5, 5.41) is 0. The van der Waals surface area contributed by atoms with Crippen LogP contribution in [0.2, 0.25) is 0 Å². The summed E-state index contributed by atoms with van der Waals surface area (Å²) >= 11 is 0. The number of benzene rings is 1. The van der Waals surface area contributed by atoms with Crippen molar-refractivity contribution in [2.75, 3.05) is 0 Å². The zero-order valence-corrected chi connectivity index (χ0v) is 10.5. The molecule has 18 heavy (non-hydrogen) atoms. The third-order valence-corrected chi connectivity index (χ3v) is 3.68. The molecule has 1 spiro atoms. The zero-order chi connectivity index (χ0) is 12.4. The molecule has 1 aliphatic carbocycles. The van der Waals surface area contributed by atoms with Crippen molar-refractivity contribution < 1.29 is 19.6 Å². The summed E-state index contributed by atoms with van der Waals surface area (Å²) in [5.41, 5.74) is 0.886. The molecular weight excluding hydrogens is 232 g/mol. The van der Waals surface area contributed by atoms with Crippen LogP contribution in [0.1, 0.15) is 44.5 Å². The molecule has 0 amide bonds. The molecule has 0 atom stereocenters. The highest BCUT2D eigenvalue weighted by molar-refractivity contribution is 5.15. The van der Waals surface area contributed by atoms with E-state index in [0.717, 1.165) is 37.2 Å². The van der Waals surface area contributed by atoms with Gasteiger partial charge in [0.1, 0.15) is 0 Å². The monoisotopic (exact) mass is 250 g/mol. The molecule has 0 unspecified atom stereocenters. The van der Waals surface area contributed by atoms with Gasteiger partial charge in [-0.2, -0.15) is 19.6 Å². The molecule has 3 rings (SSSR count). The van der Waals surface area contributed by atoms with Crippen LogP contribution in [0.3, 0.4) is 0 Å². The lowest BCUT2D eigenvalue weighted by Gasteiger charge is -2.40. The average Bonchev–Trinajstić information content (AvgIpc) is 2.44. The number of hydrogen-bond donors (Lipinski definition) is 0. The minimum absolute atomic E-state index is 0.601. The van der Waals surface area contributed by atoms with E-state index in [0.29, 0.717) is 0 Å². The SMILES string of the molecule is CC1CCC2(CC1)OOC(c1ccccc1)OO2. The predicted molar refractivity (Wildman–Crippen MR) is 63.9 cm³/mol. The quantitative estimate of drug-likeness (QED) is 0.715. The highest BCUT2D eigenvalue weighted by atomic mass is 17.4. The van der Waals surface area contributed by atoms with E-state index < -0.39 is 12.1 Å². The summed E-state index contributed by atoms with van der Waals surface area (Å²) in [6.07, 6.45) is 3.17. The maximum Gasteiger partial charge on any atom is 0.249 e. The van der Waals surface area contributed by atoms with Gasteiger partial charge in [-0.15, -0.1) is 0 Å². The Hall–Kier alpha value is -0.940. The van der Waals surface area contributed by atoms with E-state index >= 15 is 0 Å². The molecule has 1 aliphatic heterocycles. The summed E-state index contributed by atoms with van der Waals surface area (Å²) in [6.45, 7) is 2.24. The van der Waals surface area contributed by atoms with Gasteiger partial charge in [0.15, 0.2) is 0 Å². The van der Waals surface area contributed by atoms with E-state index in [9.17, 15) is 0 Å². The molecule has 4 heteroatoms. The largest absolute Gasteiger partial charge is 0.249 e. The Morgan fingerprint density at radius 1 is 1.00 bits per heavy atom. The lowest BCUT2D eigenvalue weighted by atomic mass is 9.86. The summed E-state index contributed by atoms with van der Waals surface area (Å²) in [7, 11) is 0. The standard InChI is InChI=1S/C14H18O4/c1-11-7-9-14(10-8-11)17-15-13(16-18-14)12-5-3-2-4-6-12/h2-6,11,13H,7-10H2,1H3. The third-order valence-electron chi connectivity index (χ3n) is 3.68. The Bertz CT molecular complexity index is 374. The fourth-order valence-corrected chi connectivity index (χ4v) is 2.38. The zero-order valence-electron chi connectivity index (χ0n) is 10.5. The summed E-state index contributed by atoms with van der Waals surface area (Å²) < 4.78 is 0. The first-order valence-corrected chi connectivity index (χ1v) is 6.51. The van der Waals surface area contributed by atoms with Crippen molar-refractivity contribution in [3.63, 3.8) is 0 Å². The predicted octanol–water partition coefficient (Wildman–Crippen LogP) is 3.50. The molecule has 0 aromatic heterocycles. The van der Waals surface area contributed by atoms with Crippen LogP contribution in [-0.2, 0) is 19.6 Å². The van der Waals surface area contributed by atoms with Crippen LogP contribution in [0.4, 0.5) is 0 Å². The Balaban J connectivity index is 1.61. The molecule has 0 radical (unpaired) electrons. The minimum Gasteiger partial charge on any atom is -0.195 e. The van der Waals surface area contributed by atoms with Gasteiger partial charge in [0.2, 0.25) is 12.1 Å². The van der Waals surface area contributed by atoms with Gasteiger partial charge in [-0.1, -0.05) is 37.3 Å². The van der Waals surface area contributed by atoms with Gasteiger partial charge in [0.25, 0.3) is 0 Å². The lowest BCUT2D eigenvalue weighted by Crippen LogP contribution is -2.44. The Labute approximate surface area is 107 Å². The van der Waals surface area contributed by atoms with Crippen LogP contribution < -0.4 is 0 Å². The molecule has 1 aromatic rings. The van der Waals surface area contributed by atoms with Crippen molar-refractivity contribution in [3.8, 4) is 0 Å². The van der Waals surface area contributed by atoms with Crippen molar-refractivity contribution >= 4 is 0 Å². The number of hydrogen-bond acceptors (Lipinski definition) is 4. The van der Waals surface area contributed by atoms with E-state index in [-0.39, 0.29) is 0 Å². The van der Waals surface area contributed by atoms with Crippen molar-refractivity contribution in [1.82, 2.24) is 0 Å². The van der Waals surface area contributed by atoms with Crippen LogP contribution >= 0.6 is 0 Å². The first kappa shape index (κ1) is 12.1. The topological polar surface area (TPSA) is 36.9 Å². The van der Waals surface area contributed by atoms with Gasteiger partial charge >= 0.3 is 0 Å². The Morgan fingerprint density at radius 2 is 1.61 bits per heavy atom. The second-order valence-electron chi connectivity index (χ2n) is 5.19. The van der Waals surface area contributed by atoms with E-state index in [1.165, 1.54) is 0 Å². The van der Waals surface area contributed by atoms with E-state index in [1.54, 1.807) is 0 Å².